The van der Waals surface area contributed by atoms with Crippen LogP contribution in [0.5, 0.6) is 0 Å². The predicted octanol–water partition coefficient (Wildman–Crippen LogP) is 4.32. The third kappa shape index (κ3) is 12.7. The highest BCUT2D eigenvalue weighted by molar-refractivity contribution is 5.76. The molecule has 0 atom stereocenters. The highest BCUT2D eigenvalue weighted by atomic mass is 16.5. The average molecular weight is 313 g/mol. The fraction of sp³-hybridized carbons (Fsp3) is 0.889. The number of ether oxygens (including phenoxy) is 1. The second-order valence-electron chi connectivity index (χ2n) is 5.95. The highest BCUT2D eigenvalue weighted by Gasteiger charge is 2.10. The van der Waals surface area contributed by atoms with Gasteiger partial charge in [0.2, 0.25) is 5.91 Å². The second-order valence-corrected chi connectivity index (χ2v) is 5.95. The van der Waals surface area contributed by atoms with Crippen LogP contribution >= 0.6 is 0 Å². The van der Waals surface area contributed by atoms with E-state index in [0.29, 0.717) is 19.6 Å². The summed E-state index contributed by atoms with van der Waals surface area (Å²) < 4.78 is 4.86. The molecule has 0 heterocycles. The summed E-state index contributed by atoms with van der Waals surface area (Å²) in [6.07, 6.45) is 12.2. The Balaban J connectivity index is 3.46. The van der Waals surface area contributed by atoms with Crippen LogP contribution < -0.4 is 0 Å². The summed E-state index contributed by atoms with van der Waals surface area (Å²) in [5, 5.41) is 0. The first kappa shape index (κ1) is 20.9. The van der Waals surface area contributed by atoms with Crippen molar-refractivity contribution in [1.29, 1.82) is 0 Å². The normalized spacial score (nSPS) is 10.5. The third-order valence-electron chi connectivity index (χ3n) is 3.88. The molecule has 0 spiro atoms. The van der Waals surface area contributed by atoms with Crippen LogP contribution in [0, 0.1) is 0 Å². The van der Waals surface area contributed by atoms with Crippen LogP contribution in [0.2, 0.25) is 0 Å². The van der Waals surface area contributed by atoms with E-state index in [1.807, 2.05) is 0 Å². The molecular formula is C18H35NO3. The molecule has 4 nitrogen and oxygen atoms in total. The number of hydrogen-bond acceptors (Lipinski definition) is 3. The molecule has 0 saturated heterocycles. The van der Waals surface area contributed by atoms with Crippen molar-refractivity contribution in [2.24, 2.45) is 0 Å². The molecule has 22 heavy (non-hydrogen) atoms. The molecule has 0 saturated carbocycles. The summed E-state index contributed by atoms with van der Waals surface area (Å²) in [6.45, 7) is 4.88. The van der Waals surface area contributed by atoms with Gasteiger partial charge in [-0.15, -0.1) is 0 Å². The van der Waals surface area contributed by atoms with Gasteiger partial charge in [0, 0.05) is 20.0 Å². The Labute approximate surface area is 136 Å². The molecule has 1 amide bonds. The Morgan fingerprint density at radius 2 is 1.36 bits per heavy atom. The standard InChI is InChI=1S/C18H35NO3/c1-4-6-7-8-9-10-11-12-13-14-17(20)19(3)16-15-18(21)22-5-2/h4-16H2,1-3H3. The first-order valence-corrected chi connectivity index (χ1v) is 9.01. The van der Waals surface area contributed by atoms with E-state index in [4.69, 9.17) is 4.74 Å². The van der Waals surface area contributed by atoms with Crippen molar-refractivity contribution in [3.05, 3.63) is 0 Å². The number of hydrogen-bond donors (Lipinski definition) is 0. The van der Waals surface area contributed by atoms with Crippen molar-refractivity contribution < 1.29 is 14.3 Å². The zero-order valence-corrected chi connectivity index (χ0v) is 14.9. The summed E-state index contributed by atoms with van der Waals surface area (Å²) in [7, 11) is 1.76. The Morgan fingerprint density at radius 1 is 0.818 bits per heavy atom. The molecule has 0 N–H and O–H groups in total. The molecule has 0 aromatic carbocycles. The Bertz CT molecular complexity index is 292. The van der Waals surface area contributed by atoms with Crippen LogP contribution in [-0.4, -0.2) is 37.0 Å². The van der Waals surface area contributed by atoms with Crippen molar-refractivity contribution in [3.63, 3.8) is 0 Å². The molecular weight excluding hydrogens is 278 g/mol. The molecule has 0 bridgehead atoms. The Morgan fingerprint density at radius 3 is 1.91 bits per heavy atom. The van der Waals surface area contributed by atoms with E-state index in [2.05, 4.69) is 6.92 Å². The summed E-state index contributed by atoms with van der Waals surface area (Å²) in [4.78, 5) is 24.8. The van der Waals surface area contributed by atoms with Gasteiger partial charge in [0.25, 0.3) is 0 Å². The zero-order chi connectivity index (χ0) is 16.6. The first-order chi connectivity index (χ1) is 10.6. The van der Waals surface area contributed by atoms with Crippen molar-refractivity contribution in [3.8, 4) is 0 Å². The monoisotopic (exact) mass is 313 g/mol. The van der Waals surface area contributed by atoms with Crippen LogP contribution in [0.4, 0.5) is 0 Å². The van der Waals surface area contributed by atoms with Gasteiger partial charge < -0.3 is 9.64 Å². The largest absolute Gasteiger partial charge is 0.466 e. The molecule has 0 aliphatic rings. The number of carbonyl (C=O) groups is 2. The molecule has 0 rings (SSSR count). The molecule has 4 heteroatoms. The average Bonchev–Trinajstić information content (AvgIpc) is 2.51. The van der Waals surface area contributed by atoms with Gasteiger partial charge in [-0.1, -0.05) is 58.3 Å². The van der Waals surface area contributed by atoms with E-state index >= 15 is 0 Å². The highest BCUT2D eigenvalue weighted by Crippen LogP contribution is 2.11. The van der Waals surface area contributed by atoms with Crippen molar-refractivity contribution in [1.82, 2.24) is 4.90 Å². The number of nitrogens with zero attached hydrogens (tertiary/aromatic N) is 1. The van der Waals surface area contributed by atoms with E-state index in [1.54, 1.807) is 18.9 Å². The maximum absolute atomic E-state index is 11.9. The summed E-state index contributed by atoms with van der Waals surface area (Å²) in [5.41, 5.74) is 0. The lowest BCUT2D eigenvalue weighted by Gasteiger charge is -2.16. The lowest BCUT2D eigenvalue weighted by molar-refractivity contribution is -0.143. The SMILES string of the molecule is CCCCCCCCCCCC(=O)N(C)CCC(=O)OCC. The first-order valence-electron chi connectivity index (χ1n) is 9.01. The van der Waals surface area contributed by atoms with Gasteiger partial charge >= 0.3 is 5.97 Å². The molecule has 0 unspecified atom stereocenters. The van der Waals surface area contributed by atoms with E-state index in [9.17, 15) is 9.59 Å². The Kier molecular flexibility index (Phi) is 14.1. The van der Waals surface area contributed by atoms with Crippen LogP contribution in [0.15, 0.2) is 0 Å². The Hall–Kier alpha value is -1.06. The van der Waals surface area contributed by atoms with Gasteiger partial charge in [-0.05, 0) is 13.3 Å². The van der Waals surface area contributed by atoms with Gasteiger partial charge in [-0.2, -0.15) is 0 Å². The molecule has 0 radical (unpaired) electrons. The molecule has 0 aromatic heterocycles. The van der Waals surface area contributed by atoms with Crippen molar-refractivity contribution >= 4 is 11.9 Å². The zero-order valence-electron chi connectivity index (χ0n) is 14.9. The van der Waals surface area contributed by atoms with E-state index < -0.39 is 0 Å². The van der Waals surface area contributed by atoms with Gasteiger partial charge in [0.1, 0.15) is 0 Å². The fourth-order valence-electron chi connectivity index (χ4n) is 2.39. The van der Waals surface area contributed by atoms with Crippen LogP contribution in [0.25, 0.3) is 0 Å². The molecule has 0 aliphatic heterocycles. The fourth-order valence-corrected chi connectivity index (χ4v) is 2.39. The van der Waals surface area contributed by atoms with Crippen LogP contribution in [0.3, 0.4) is 0 Å². The number of unbranched alkanes of at least 4 members (excludes halogenated alkanes) is 8. The van der Waals surface area contributed by atoms with Crippen molar-refractivity contribution in [2.75, 3.05) is 20.2 Å². The second kappa shape index (κ2) is 14.9. The molecule has 0 aliphatic carbocycles. The number of amides is 1. The van der Waals surface area contributed by atoms with Gasteiger partial charge in [0.05, 0.1) is 13.0 Å². The maximum atomic E-state index is 11.9. The quantitative estimate of drug-likeness (QED) is 0.354. The van der Waals surface area contributed by atoms with Gasteiger partial charge in [-0.25, -0.2) is 0 Å². The number of esters is 1. The van der Waals surface area contributed by atoms with E-state index in [1.165, 1.54) is 44.9 Å². The van der Waals surface area contributed by atoms with Gasteiger partial charge in [0.15, 0.2) is 0 Å². The maximum Gasteiger partial charge on any atom is 0.307 e. The number of carbonyl (C=O) groups excluding carboxylic acids is 2. The minimum Gasteiger partial charge on any atom is -0.466 e. The smallest absolute Gasteiger partial charge is 0.307 e. The van der Waals surface area contributed by atoms with Gasteiger partial charge in [-0.3, -0.25) is 9.59 Å². The summed E-state index contributed by atoms with van der Waals surface area (Å²) in [5.74, 6) is -0.0996. The minimum atomic E-state index is -0.231. The van der Waals surface area contributed by atoms with E-state index in [-0.39, 0.29) is 18.3 Å². The number of rotatable bonds is 14. The summed E-state index contributed by atoms with van der Waals surface area (Å²) in [6, 6.07) is 0. The van der Waals surface area contributed by atoms with Crippen LogP contribution in [0.1, 0.15) is 84.5 Å². The topological polar surface area (TPSA) is 46.6 Å². The minimum absolute atomic E-state index is 0.132. The lowest BCUT2D eigenvalue weighted by atomic mass is 10.1. The summed E-state index contributed by atoms with van der Waals surface area (Å²) >= 11 is 0. The van der Waals surface area contributed by atoms with E-state index in [0.717, 1.165) is 12.8 Å². The van der Waals surface area contributed by atoms with Crippen LogP contribution in [-0.2, 0) is 14.3 Å². The molecule has 0 aromatic rings. The lowest BCUT2D eigenvalue weighted by Crippen LogP contribution is -2.29. The molecule has 130 valence electrons. The molecule has 0 fully saturated rings. The predicted molar refractivity (Wildman–Crippen MR) is 90.7 cm³/mol. The third-order valence-corrected chi connectivity index (χ3v) is 3.88. The van der Waals surface area contributed by atoms with Crippen molar-refractivity contribution in [2.45, 2.75) is 84.5 Å².